The Bertz CT molecular complexity index is 436. The third-order valence-corrected chi connectivity index (χ3v) is 3.44. The molecule has 2 heterocycles. The fourth-order valence-corrected chi connectivity index (χ4v) is 2.29. The normalized spacial score (nSPS) is 21.2. The minimum atomic E-state index is 0.328. The maximum Gasteiger partial charge on any atom is 0.191 e. The number of nitrogens with two attached hydrogens (primary N) is 1. The van der Waals surface area contributed by atoms with E-state index in [-0.39, 0.29) is 0 Å². The summed E-state index contributed by atoms with van der Waals surface area (Å²) in [5.41, 5.74) is 6.04. The van der Waals surface area contributed by atoms with Crippen molar-refractivity contribution < 1.29 is 0 Å². The van der Waals surface area contributed by atoms with Crippen molar-refractivity contribution in [1.29, 1.82) is 0 Å². The second kappa shape index (κ2) is 6.04. The summed E-state index contributed by atoms with van der Waals surface area (Å²) in [6.07, 6.45) is 2.47. The number of likely N-dealkylation sites (tertiary alicyclic amines) is 1. The van der Waals surface area contributed by atoms with E-state index in [9.17, 15) is 0 Å². The summed E-state index contributed by atoms with van der Waals surface area (Å²) < 4.78 is 0. The number of piperidine rings is 1. The number of H-pyrrole nitrogens is 1. The van der Waals surface area contributed by atoms with Crippen LogP contribution in [-0.2, 0) is 6.54 Å². The quantitative estimate of drug-likeness (QED) is 0.640. The average Bonchev–Trinajstić information content (AvgIpc) is 2.85. The summed E-state index contributed by atoms with van der Waals surface area (Å²) in [5, 5.41) is 7.07. The molecule has 1 fully saturated rings. The molecule has 0 bridgehead atoms. The molecule has 19 heavy (non-hydrogen) atoms. The lowest BCUT2D eigenvalue weighted by molar-refractivity contribution is 0.270. The van der Waals surface area contributed by atoms with Crippen LogP contribution in [0.3, 0.4) is 0 Å². The van der Waals surface area contributed by atoms with Crippen molar-refractivity contribution in [3.63, 3.8) is 0 Å². The predicted octanol–water partition coefficient (Wildman–Crippen LogP) is 1.47. The molecule has 1 atom stereocenters. The Morgan fingerprint density at radius 2 is 2.37 bits per heavy atom. The van der Waals surface area contributed by atoms with Crippen LogP contribution in [0.5, 0.6) is 0 Å². The maximum atomic E-state index is 6.04. The molecule has 2 rings (SSSR count). The highest BCUT2D eigenvalue weighted by atomic mass is 15.3. The molecule has 1 aliphatic heterocycles. The van der Waals surface area contributed by atoms with Crippen molar-refractivity contribution >= 4 is 5.96 Å². The second-order valence-corrected chi connectivity index (χ2v) is 5.66. The van der Waals surface area contributed by atoms with Crippen molar-refractivity contribution in [1.82, 2.24) is 20.1 Å². The van der Waals surface area contributed by atoms with Crippen LogP contribution >= 0.6 is 0 Å². The van der Waals surface area contributed by atoms with Gasteiger partial charge >= 0.3 is 0 Å². The van der Waals surface area contributed by atoms with Crippen LogP contribution in [-0.4, -0.2) is 39.1 Å². The zero-order valence-corrected chi connectivity index (χ0v) is 12.1. The van der Waals surface area contributed by atoms with Gasteiger partial charge in [0.2, 0.25) is 0 Å². The topological polar surface area (TPSA) is 83.2 Å². The van der Waals surface area contributed by atoms with Crippen LogP contribution in [0.1, 0.15) is 51.2 Å². The van der Waals surface area contributed by atoms with Crippen LogP contribution in [0.4, 0.5) is 0 Å². The number of hydrogen-bond acceptors (Lipinski definition) is 3. The molecule has 1 aliphatic rings. The van der Waals surface area contributed by atoms with E-state index in [0.717, 1.165) is 24.7 Å². The summed E-state index contributed by atoms with van der Waals surface area (Å²) in [7, 11) is 0. The fourth-order valence-electron chi connectivity index (χ4n) is 2.29. The number of nitrogens with zero attached hydrogens (tertiary/aromatic N) is 4. The molecule has 0 aliphatic carbocycles. The molecule has 0 radical (unpaired) electrons. The van der Waals surface area contributed by atoms with Crippen LogP contribution in [0, 0.1) is 5.92 Å². The average molecular weight is 264 g/mol. The van der Waals surface area contributed by atoms with Gasteiger partial charge in [-0.15, -0.1) is 0 Å². The lowest BCUT2D eigenvalue weighted by atomic mass is 10.0. The summed E-state index contributed by atoms with van der Waals surface area (Å²) >= 11 is 0. The van der Waals surface area contributed by atoms with E-state index >= 15 is 0 Å². The number of aromatic amines is 1. The van der Waals surface area contributed by atoms with Crippen molar-refractivity contribution in [2.24, 2.45) is 16.6 Å². The molecule has 6 heteroatoms. The van der Waals surface area contributed by atoms with Crippen molar-refractivity contribution in [3.8, 4) is 0 Å². The molecular formula is C13H24N6. The van der Waals surface area contributed by atoms with Gasteiger partial charge in [0, 0.05) is 19.0 Å². The Labute approximate surface area is 114 Å². The molecule has 6 nitrogen and oxygen atoms in total. The number of hydrogen-bond donors (Lipinski definition) is 2. The highest BCUT2D eigenvalue weighted by Crippen LogP contribution is 2.15. The first-order valence-corrected chi connectivity index (χ1v) is 7.02. The zero-order valence-electron chi connectivity index (χ0n) is 12.1. The largest absolute Gasteiger partial charge is 0.370 e. The lowest BCUT2D eigenvalue weighted by Gasteiger charge is -2.31. The molecule has 1 aromatic rings. The van der Waals surface area contributed by atoms with Gasteiger partial charge in [-0.2, -0.15) is 5.10 Å². The van der Waals surface area contributed by atoms with E-state index in [1.807, 2.05) is 0 Å². The van der Waals surface area contributed by atoms with Gasteiger partial charge in [0.25, 0.3) is 0 Å². The van der Waals surface area contributed by atoms with Crippen LogP contribution in [0.2, 0.25) is 0 Å². The number of nitrogens with one attached hydrogen (secondary N) is 1. The van der Waals surface area contributed by atoms with E-state index in [2.05, 4.69) is 45.8 Å². The van der Waals surface area contributed by atoms with Crippen molar-refractivity contribution in [3.05, 3.63) is 11.6 Å². The van der Waals surface area contributed by atoms with Gasteiger partial charge in [0.15, 0.2) is 11.8 Å². The molecule has 0 amide bonds. The van der Waals surface area contributed by atoms with Gasteiger partial charge in [-0.25, -0.2) is 9.98 Å². The number of aromatic nitrogens is 3. The highest BCUT2D eigenvalue weighted by molar-refractivity contribution is 5.78. The fraction of sp³-hybridized carbons (Fsp3) is 0.769. The Balaban J connectivity index is 1.93. The number of rotatable bonds is 3. The smallest absolute Gasteiger partial charge is 0.191 e. The van der Waals surface area contributed by atoms with Gasteiger partial charge in [-0.1, -0.05) is 20.8 Å². The number of aliphatic imine (C=N–C) groups is 1. The van der Waals surface area contributed by atoms with E-state index in [0.29, 0.717) is 24.3 Å². The van der Waals surface area contributed by atoms with Crippen LogP contribution < -0.4 is 5.73 Å². The zero-order chi connectivity index (χ0) is 13.8. The predicted molar refractivity (Wildman–Crippen MR) is 75.8 cm³/mol. The Kier molecular flexibility index (Phi) is 4.39. The van der Waals surface area contributed by atoms with E-state index in [4.69, 9.17) is 5.73 Å². The Morgan fingerprint density at radius 3 is 3.00 bits per heavy atom. The minimum absolute atomic E-state index is 0.328. The van der Waals surface area contributed by atoms with Crippen LogP contribution in [0.25, 0.3) is 0 Å². The molecular weight excluding hydrogens is 240 g/mol. The second-order valence-electron chi connectivity index (χ2n) is 5.66. The van der Waals surface area contributed by atoms with E-state index < -0.39 is 0 Å². The molecule has 0 saturated carbocycles. The van der Waals surface area contributed by atoms with Gasteiger partial charge < -0.3 is 10.6 Å². The van der Waals surface area contributed by atoms with Gasteiger partial charge in [0.1, 0.15) is 12.4 Å². The Morgan fingerprint density at radius 1 is 1.58 bits per heavy atom. The van der Waals surface area contributed by atoms with E-state index in [1.165, 1.54) is 12.8 Å². The first-order chi connectivity index (χ1) is 9.06. The molecule has 0 aromatic carbocycles. The highest BCUT2D eigenvalue weighted by Gasteiger charge is 2.17. The summed E-state index contributed by atoms with van der Waals surface area (Å²) in [6.45, 7) is 8.87. The lowest BCUT2D eigenvalue weighted by Crippen LogP contribution is -2.43. The summed E-state index contributed by atoms with van der Waals surface area (Å²) in [6, 6.07) is 0. The monoisotopic (exact) mass is 264 g/mol. The molecule has 1 unspecified atom stereocenters. The third-order valence-electron chi connectivity index (χ3n) is 3.44. The first kappa shape index (κ1) is 13.8. The van der Waals surface area contributed by atoms with Gasteiger partial charge in [-0.05, 0) is 18.8 Å². The third kappa shape index (κ3) is 3.68. The molecule has 1 aromatic heterocycles. The van der Waals surface area contributed by atoms with E-state index in [1.54, 1.807) is 0 Å². The summed E-state index contributed by atoms with van der Waals surface area (Å²) in [5.74, 6) is 3.25. The molecule has 106 valence electrons. The molecule has 0 spiro atoms. The van der Waals surface area contributed by atoms with Crippen LogP contribution in [0.15, 0.2) is 4.99 Å². The first-order valence-electron chi connectivity index (χ1n) is 7.02. The molecule has 1 saturated heterocycles. The standard InChI is InChI=1S/C13H24N6/c1-9(2)12-16-11(17-18-12)7-15-13(14)19-6-4-5-10(3)8-19/h9-10H,4-8H2,1-3H3,(H2,14,15)(H,16,17,18). The maximum absolute atomic E-state index is 6.04. The van der Waals surface area contributed by atoms with Gasteiger partial charge in [-0.3, -0.25) is 5.10 Å². The minimum Gasteiger partial charge on any atom is -0.370 e. The van der Waals surface area contributed by atoms with Crippen molar-refractivity contribution in [2.75, 3.05) is 13.1 Å². The summed E-state index contributed by atoms with van der Waals surface area (Å²) in [4.78, 5) is 11.0. The SMILES string of the molecule is CC1CCCN(C(N)=NCc2nc(C(C)C)n[nH]2)C1. The van der Waals surface area contributed by atoms with Crippen molar-refractivity contribution in [2.45, 2.75) is 46.1 Å². The Hall–Kier alpha value is -1.59. The number of guanidine groups is 1. The molecule has 3 N–H and O–H groups in total. The van der Waals surface area contributed by atoms with Gasteiger partial charge in [0.05, 0.1) is 0 Å².